The Morgan fingerprint density at radius 3 is 2.17 bits per heavy atom. The Bertz CT molecular complexity index is 290. The number of ether oxygens (including phenoxy) is 3. The van der Waals surface area contributed by atoms with Gasteiger partial charge >= 0.3 is 0 Å². The van der Waals surface area contributed by atoms with Crippen molar-refractivity contribution < 1.29 is 37.9 Å². The molecule has 1 N–H and O–H groups in total. The SMILES string of the molecule is CC.CC.COCCCN1CCOCC1C.C[C@@H]1CN(CCCO)CCO1.[CH3-].[V]. The minimum atomic E-state index is 0. The van der Waals surface area contributed by atoms with Crippen LogP contribution in [0.4, 0.5) is 0 Å². The molecule has 7 heteroatoms. The number of aliphatic hydroxyl groups is 1. The molecule has 1 unspecified atom stereocenters. The van der Waals surface area contributed by atoms with Gasteiger partial charge in [0.2, 0.25) is 0 Å². The molecular formula is C22H51N2O4V-. The van der Waals surface area contributed by atoms with Gasteiger partial charge in [0.25, 0.3) is 0 Å². The van der Waals surface area contributed by atoms with Crippen molar-refractivity contribution in [3.05, 3.63) is 7.43 Å². The van der Waals surface area contributed by atoms with Crippen LogP contribution >= 0.6 is 0 Å². The van der Waals surface area contributed by atoms with Gasteiger partial charge in [0, 0.05) is 77.6 Å². The Morgan fingerprint density at radius 2 is 1.66 bits per heavy atom. The van der Waals surface area contributed by atoms with Crippen LogP contribution in [0.5, 0.6) is 0 Å². The fraction of sp³-hybridized carbons (Fsp3) is 0.955. The predicted octanol–water partition coefficient (Wildman–Crippen LogP) is 3.33. The van der Waals surface area contributed by atoms with Gasteiger partial charge in [-0.05, 0) is 26.7 Å². The van der Waals surface area contributed by atoms with Crippen molar-refractivity contribution in [3.8, 4) is 0 Å². The Labute approximate surface area is 194 Å². The summed E-state index contributed by atoms with van der Waals surface area (Å²) >= 11 is 0. The predicted molar refractivity (Wildman–Crippen MR) is 121 cm³/mol. The molecule has 0 amide bonds. The van der Waals surface area contributed by atoms with Gasteiger partial charge in [-0.3, -0.25) is 9.80 Å². The number of methoxy groups -OCH3 is 1. The molecule has 29 heavy (non-hydrogen) atoms. The van der Waals surface area contributed by atoms with Crippen molar-refractivity contribution >= 4 is 0 Å². The fourth-order valence-corrected chi connectivity index (χ4v) is 2.89. The van der Waals surface area contributed by atoms with Crippen LogP contribution in [0.25, 0.3) is 0 Å². The van der Waals surface area contributed by atoms with E-state index in [4.69, 9.17) is 19.3 Å². The van der Waals surface area contributed by atoms with Gasteiger partial charge in [-0.25, -0.2) is 0 Å². The van der Waals surface area contributed by atoms with Crippen LogP contribution < -0.4 is 0 Å². The van der Waals surface area contributed by atoms with Gasteiger partial charge in [0.15, 0.2) is 0 Å². The summed E-state index contributed by atoms with van der Waals surface area (Å²) < 4.78 is 15.7. The van der Waals surface area contributed by atoms with E-state index >= 15 is 0 Å². The van der Waals surface area contributed by atoms with Crippen LogP contribution in [0.1, 0.15) is 54.4 Å². The zero-order valence-electron chi connectivity index (χ0n) is 20.7. The molecule has 0 spiro atoms. The molecule has 1 radical (unpaired) electrons. The van der Waals surface area contributed by atoms with E-state index in [1.165, 1.54) is 0 Å². The van der Waals surface area contributed by atoms with E-state index < -0.39 is 0 Å². The number of nitrogens with zero attached hydrogens (tertiary/aromatic N) is 2. The summed E-state index contributed by atoms with van der Waals surface area (Å²) in [6.45, 7) is 21.3. The second-order valence-corrected chi connectivity index (χ2v) is 6.37. The molecule has 0 aromatic heterocycles. The summed E-state index contributed by atoms with van der Waals surface area (Å²) in [4.78, 5) is 4.80. The Hall–Kier alpha value is 0.344. The monoisotopic (exact) mass is 458 g/mol. The Balaban J connectivity index is -0.000000174. The molecule has 2 rings (SSSR count). The van der Waals surface area contributed by atoms with Crippen LogP contribution in [0.2, 0.25) is 0 Å². The number of hydrogen-bond acceptors (Lipinski definition) is 6. The van der Waals surface area contributed by atoms with Crippen molar-refractivity contribution in [3.63, 3.8) is 0 Å². The number of rotatable bonds is 7. The van der Waals surface area contributed by atoms with E-state index in [9.17, 15) is 0 Å². The number of hydrogen-bond donors (Lipinski definition) is 1. The summed E-state index contributed by atoms with van der Waals surface area (Å²) in [5.74, 6) is 0. The first kappa shape index (κ1) is 36.7. The molecule has 2 heterocycles. The summed E-state index contributed by atoms with van der Waals surface area (Å²) in [5.41, 5.74) is 0. The van der Waals surface area contributed by atoms with Crippen molar-refractivity contribution in [2.45, 2.75) is 66.5 Å². The molecule has 2 aliphatic rings. The first-order valence-electron chi connectivity index (χ1n) is 10.9. The minimum Gasteiger partial charge on any atom is -0.396 e. The van der Waals surface area contributed by atoms with E-state index in [2.05, 4.69) is 23.6 Å². The third-order valence-corrected chi connectivity index (χ3v) is 4.26. The molecule has 2 aliphatic heterocycles. The maximum atomic E-state index is 8.60. The van der Waals surface area contributed by atoms with E-state index in [1.807, 2.05) is 27.7 Å². The van der Waals surface area contributed by atoms with Gasteiger partial charge in [0.1, 0.15) is 0 Å². The first-order valence-corrected chi connectivity index (χ1v) is 10.9. The van der Waals surface area contributed by atoms with Crippen molar-refractivity contribution in [2.24, 2.45) is 0 Å². The van der Waals surface area contributed by atoms with E-state index in [0.29, 0.717) is 18.8 Å². The summed E-state index contributed by atoms with van der Waals surface area (Å²) in [7, 11) is 1.75. The molecule has 0 saturated carbocycles. The first-order chi connectivity index (χ1) is 13.2. The summed E-state index contributed by atoms with van der Waals surface area (Å²) in [6.07, 6.45) is 2.37. The largest absolute Gasteiger partial charge is 0.396 e. The Morgan fingerprint density at radius 1 is 1.00 bits per heavy atom. The topological polar surface area (TPSA) is 54.4 Å². The second kappa shape index (κ2) is 28.3. The molecule has 2 fully saturated rings. The fourth-order valence-electron chi connectivity index (χ4n) is 2.89. The smallest absolute Gasteiger partial charge is 0.0674 e. The maximum absolute atomic E-state index is 8.60. The van der Waals surface area contributed by atoms with Crippen LogP contribution in [-0.2, 0) is 32.8 Å². The molecule has 0 aromatic rings. The van der Waals surface area contributed by atoms with Crippen molar-refractivity contribution in [1.82, 2.24) is 9.80 Å². The molecular weight excluding hydrogens is 407 g/mol. The minimum absolute atomic E-state index is 0. The second-order valence-electron chi connectivity index (χ2n) is 6.37. The standard InChI is InChI=1S/C9H19NO2.C8H17NO2.2C2H6.CH3.V/c1-9-8-12-7-5-10(9)4-3-6-11-2;1-8-7-9(3-2-5-10)4-6-11-8;2*1-2;;/h9H,3-8H2,1-2H3;8,10H,2-7H2,1H3;2*1-2H3;1H3;/q;;;;-1;/t;8-;;;;/m.1..../s1. The average Bonchev–Trinajstić information content (AvgIpc) is 2.72. The quantitative estimate of drug-likeness (QED) is 0.467. The zero-order chi connectivity index (χ0) is 20.9. The van der Waals surface area contributed by atoms with Crippen molar-refractivity contribution in [1.29, 1.82) is 0 Å². The molecule has 2 saturated heterocycles. The number of aliphatic hydroxyl groups excluding tert-OH is 1. The van der Waals surface area contributed by atoms with Gasteiger partial charge in [-0.2, -0.15) is 0 Å². The molecule has 0 aromatic carbocycles. The van der Waals surface area contributed by atoms with Crippen LogP contribution in [-0.4, -0.2) is 99.9 Å². The van der Waals surface area contributed by atoms with E-state index in [0.717, 1.165) is 72.0 Å². The van der Waals surface area contributed by atoms with Gasteiger partial charge in [-0.1, -0.05) is 27.7 Å². The molecule has 179 valence electrons. The third kappa shape index (κ3) is 21.4. The van der Waals surface area contributed by atoms with Crippen LogP contribution in [0, 0.1) is 7.43 Å². The average molecular weight is 459 g/mol. The summed E-state index contributed by atoms with van der Waals surface area (Å²) in [6, 6.07) is 0.579. The van der Waals surface area contributed by atoms with Gasteiger partial charge in [0.05, 0.1) is 25.9 Å². The molecule has 0 bridgehead atoms. The van der Waals surface area contributed by atoms with E-state index in [-0.39, 0.29) is 26.0 Å². The van der Waals surface area contributed by atoms with Gasteiger partial charge in [-0.15, -0.1) is 0 Å². The van der Waals surface area contributed by atoms with Crippen molar-refractivity contribution in [2.75, 3.05) is 72.9 Å². The van der Waals surface area contributed by atoms with Crippen LogP contribution in [0.15, 0.2) is 0 Å². The molecule has 0 aliphatic carbocycles. The van der Waals surface area contributed by atoms with Gasteiger partial charge < -0.3 is 26.7 Å². The molecule has 2 atom stereocenters. The summed E-state index contributed by atoms with van der Waals surface area (Å²) in [5, 5.41) is 8.60. The van der Waals surface area contributed by atoms with E-state index in [1.54, 1.807) is 7.11 Å². The molecule has 6 nitrogen and oxygen atoms in total. The third-order valence-electron chi connectivity index (χ3n) is 4.26. The Kier molecular flexibility index (Phi) is 35.9. The maximum Gasteiger partial charge on any atom is 0.0674 e. The van der Waals surface area contributed by atoms with Crippen LogP contribution in [0.3, 0.4) is 0 Å². The normalized spacial score (nSPS) is 21.5. The number of morpholine rings is 2. The zero-order valence-corrected chi connectivity index (χ0v) is 22.1.